The Morgan fingerprint density at radius 3 is 1.85 bits per heavy atom. The van der Waals surface area contributed by atoms with Crippen molar-refractivity contribution in [2.45, 2.75) is 19.8 Å². The monoisotopic (exact) mass is 562 g/mol. The molecule has 214 valence electrons. The van der Waals surface area contributed by atoms with E-state index in [1.54, 1.807) is 36.4 Å². The van der Waals surface area contributed by atoms with Crippen molar-refractivity contribution in [3.63, 3.8) is 0 Å². The van der Waals surface area contributed by atoms with Gasteiger partial charge in [0, 0.05) is 6.08 Å². The molecule has 0 amide bonds. The Bertz CT molecular complexity index is 1360. The lowest BCUT2D eigenvalue weighted by molar-refractivity contribution is -0.137. The number of benzene rings is 3. The third-order valence-electron chi connectivity index (χ3n) is 5.48. The quantitative estimate of drug-likeness (QED) is 0.112. The van der Waals surface area contributed by atoms with E-state index in [1.807, 2.05) is 6.92 Å². The number of rotatable bonds is 14. The van der Waals surface area contributed by atoms with E-state index in [-0.39, 0.29) is 34.8 Å². The number of methoxy groups -OCH3 is 1. The molecule has 0 bridgehead atoms. The van der Waals surface area contributed by atoms with Crippen molar-refractivity contribution in [1.29, 1.82) is 0 Å². The number of unbranched alkanes of at least 4 members (excludes halogenated alkanes) is 1. The van der Waals surface area contributed by atoms with Crippen LogP contribution in [0.4, 0.5) is 0 Å². The Morgan fingerprint density at radius 2 is 1.27 bits per heavy atom. The summed E-state index contributed by atoms with van der Waals surface area (Å²) in [6, 6.07) is 16.7. The first-order valence-electron chi connectivity index (χ1n) is 12.8. The maximum absolute atomic E-state index is 12.8. The molecule has 3 aromatic carbocycles. The summed E-state index contributed by atoms with van der Waals surface area (Å²) >= 11 is 0. The number of ether oxygens (including phenoxy) is 6. The molecule has 0 saturated heterocycles. The number of carbonyl (C=O) groups is 4. The minimum absolute atomic E-state index is 0.0597. The molecule has 3 aromatic rings. The van der Waals surface area contributed by atoms with Crippen LogP contribution in [0, 0.1) is 0 Å². The van der Waals surface area contributed by atoms with Crippen LogP contribution in [-0.2, 0) is 14.3 Å². The van der Waals surface area contributed by atoms with Crippen molar-refractivity contribution in [1.82, 2.24) is 0 Å². The molecule has 0 aromatic heterocycles. The molecule has 10 heteroatoms. The molecule has 3 rings (SSSR count). The van der Waals surface area contributed by atoms with Gasteiger partial charge in [-0.25, -0.2) is 19.2 Å². The van der Waals surface area contributed by atoms with Gasteiger partial charge in [-0.2, -0.15) is 0 Å². The molecule has 0 aliphatic heterocycles. The third kappa shape index (κ3) is 9.24. The molecule has 0 fully saturated rings. The molecule has 0 aliphatic carbocycles. The van der Waals surface area contributed by atoms with Crippen LogP contribution in [0.2, 0.25) is 0 Å². The van der Waals surface area contributed by atoms with Crippen molar-refractivity contribution < 1.29 is 47.6 Å². The fraction of sp³-hybridized carbons (Fsp3) is 0.226. The summed E-state index contributed by atoms with van der Waals surface area (Å²) in [5.74, 6) is -1.47. The first-order valence-corrected chi connectivity index (χ1v) is 12.8. The standard InChI is InChI=1S/C31H30O10/c1-4-28(32)39-19-7-6-18-38-24-14-10-22(11-15-24)30(34)41-27-17-16-25(20-26(27)31(35)36-3)40-29(33)21-8-12-23(13-9-21)37-5-2/h4,8-17,20H,1,5-7,18-19H2,2-3H3. The van der Waals surface area contributed by atoms with E-state index in [2.05, 4.69) is 6.58 Å². The van der Waals surface area contributed by atoms with Crippen molar-refractivity contribution in [3.05, 3.63) is 96.1 Å². The van der Waals surface area contributed by atoms with Gasteiger partial charge in [-0.3, -0.25) is 0 Å². The normalized spacial score (nSPS) is 10.2. The highest BCUT2D eigenvalue weighted by Gasteiger charge is 2.20. The molecule has 10 nitrogen and oxygen atoms in total. The van der Waals surface area contributed by atoms with Gasteiger partial charge < -0.3 is 28.4 Å². The van der Waals surface area contributed by atoms with Crippen LogP contribution in [0.1, 0.15) is 50.8 Å². The molecule has 0 saturated carbocycles. The average Bonchev–Trinajstić information content (AvgIpc) is 2.99. The first-order chi connectivity index (χ1) is 19.8. The largest absolute Gasteiger partial charge is 0.494 e. The van der Waals surface area contributed by atoms with Gasteiger partial charge in [0.1, 0.15) is 28.6 Å². The molecule has 0 heterocycles. The summed E-state index contributed by atoms with van der Waals surface area (Å²) in [5, 5.41) is 0. The second-order valence-corrected chi connectivity index (χ2v) is 8.34. The van der Waals surface area contributed by atoms with E-state index in [0.717, 1.165) is 6.08 Å². The Morgan fingerprint density at radius 1 is 0.707 bits per heavy atom. The van der Waals surface area contributed by atoms with Crippen LogP contribution >= 0.6 is 0 Å². The van der Waals surface area contributed by atoms with Gasteiger partial charge in [-0.05, 0) is 86.5 Å². The van der Waals surface area contributed by atoms with Crippen molar-refractivity contribution in [2.24, 2.45) is 0 Å². The Balaban J connectivity index is 1.60. The predicted octanol–water partition coefficient (Wildman–Crippen LogP) is 5.20. The van der Waals surface area contributed by atoms with Crippen LogP contribution < -0.4 is 18.9 Å². The lowest BCUT2D eigenvalue weighted by Gasteiger charge is -2.12. The van der Waals surface area contributed by atoms with Crippen LogP contribution in [0.25, 0.3) is 0 Å². The highest BCUT2D eigenvalue weighted by molar-refractivity contribution is 5.97. The fourth-order valence-electron chi connectivity index (χ4n) is 3.42. The maximum atomic E-state index is 12.8. The van der Waals surface area contributed by atoms with Gasteiger partial charge in [0.15, 0.2) is 0 Å². The van der Waals surface area contributed by atoms with Crippen molar-refractivity contribution in [2.75, 3.05) is 26.9 Å². The zero-order valence-corrected chi connectivity index (χ0v) is 22.8. The van der Waals surface area contributed by atoms with Gasteiger partial charge >= 0.3 is 23.9 Å². The Kier molecular flexibility index (Phi) is 11.5. The Hall–Kier alpha value is -5.12. The number of carbonyl (C=O) groups excluding carboxylic acids is 4. The molecule has 0 spiro atoms. The number of hydrogen-bond acceptors (Lipinski definition) is 10. The van der Waals surface area contributed by atoms with E-state index in [4.69, 9.17) is 28.4 Å². The highest BCUT2D eigenvalue weighted by atomic mass is 16.6. The lowest BCUT2D eigenvalue weighted by atomic mass is 10.1. The van der Waals surface area contributed by atoms with Crippen molar-refractivity contribution >= 4 is 23.9 Å². The summed E-state index contributed by atoms with van der Waals surface area (Å²) in [6.07, 6.45) is 2.40. The number of hydrogen-bond donors (Lipinski definition) is 0. The molecule has 0 N–H and O–H groups in total. The molecular formula is C31H30O10. The molecule has 0 aliphatic rings. The first kappa shape index (κ1) is 30.4. The predicted molar refractivity (Wildman–Crippen MR) is 148 cm³/mol. The highest BCUT2D eigenvalue weighted by Crippen LogP contribution is 2.27. The Labute approximate surface area is 237 Å². The van der Waals surface area contributed by atoms with Crippen LogP contribution in [0.15, 0.2) is 79.4 Å². The van der Waals surface area contributed by atoms with E-state index in [0.29, 0.717) is 37.6 Å². The van der Waals surface area contributed by atoms with Gasteiger partial charge in [-0.15, -0.1) is 0 Å². The average molecular weight is 563 g/mol. The molecular weight excluding hydrogens is 532 g/mol. The smallest absolute Gasteiger partial charge is 0.343 e. The zero-order valence-electron chi connectivity index (χ0n) is 22.8. The SMILES string of the molecule is C=CC(=O)OCCCCOc1ccc(C(=O)Oc2ccc(OC(=O)c3ccc(OCC)cc3)cc2C(=O)OC)cc1. The summed E-state index contributed by atoms with van der Waals surface area (Å²) in [7, 11) is 1.18. The zero-order chi connectivity index (χ0) is 29.6. The maximum Gasteiger partial charge on any atom is 0.343 e. The van der Waals surface area contributed by atoms with E-state index in [9.17, 15) is 19.2 Å². The summed E-state index contributed by atoms with van der Waals surface area (Å²) in [4.78, 5) is 48.7. The van der Waals surface area contributed by atoms with Crippen molar-refractivity contribution in [3.8, 4) is 23.0 Å². The molecule has 0 unspecified atom stereocenters. The van der Waals surface area contributed by atoms with Gasteiger partial charge in [0.25, 0.3) is 0 Å². The van der Waals surface area contributed by atoms with E-state index in [1.165, 1.54) is 37.4 Å². The molecule has 0 radical (unpaired) electrons. The van der Waals surface area contributed by atoms with Gasteiger partial charge in [0.2, 0.25) is 0 Å². The van der Waals surface area contributed by atoms with Crippen LogP contribution in [-0.4, -0.2) is 50.8 Å². The summed E-state index contributed by atoms with van der Waals surface area (Å²) in [6.45, 7) is 6.35. The van der Waals surface area contributed by atoms with E-state index >= 15 is 0 Å². The lowest BCUT2D eigenvalue weighted by Crippen LogP contribution is -2.13. The summed E-state index contributed by atoms with van der Waals surface area (Å²) in [5.41, 5.74) is 0.400. The fourth-order valence-corrected chi connectivity index (χ4v) is 3.42. The second-order valence-electron chi connectivity index (χ2n) is 8.34. The van der Waals surface area contributed by atoms with Crippen LogP contribution in [0.3, 0.4) is 0 Å². The minimum atomic E-state index is -0.783. The molecule has 41 heavy (non-hydrogen) atoms. The van der Waals surface area contributed by atoms with E-state index < -0.39 is 23.9 Å². The number of esters is 4. The third-order valence-corrected chi connectivity index (χ3v) is 5.48. The minimum Gasteiger partial charge on any atom is -0.494 e. The van der Waals surface area contributed by atoms with Gasteiger partial charge in [-0.1, -0.05) is 6.58 Å². The van der Waals surface area contributed by atoms with Gasteiger partial charge in [0.05, 0.1) is 38.1 Å². The van der Waals surface area contributed by atoms with Crippen LogP contribution in [0.5, 0.6) is 23.0 Å². The summed E-state index contributed by atoms with van der Waals surface area (Å²) < 4.78 is 31.5. The topological polar surface area (TPSA) is 124 Å². The second kappa shape index (κ2) is 15.5. The molecule has 0 atom stereocenters.